The van der Waals surface area contributed by atoms with Crippen LogP contribution in [0.2, 0.25) is 0 Å². The van der Waals surface area contributed by atoms with Gasteiger partial charge in [-0.05, 0) is 37.9 Å². The van der Waals surface area contributed by atoms with Crippen LogP contribution in [-0.4, -0.2) is 46.5 Å². The minimum atomic E-state index is -0.732. The van der Waals surface area contributed by atoms with Gasteiger partial charge in [-0.25, -0.2) is 0 Å². The molecule has 2 rings (SSSR count). The summed E-state index contributed by atoms with van der Waals surface area (Å²) in [5, 5.41) is 11.2. The average Bonchev–Trinajstić information content (AvgIpc) is 2.93. The van der Waals surface area contributed by atoms with Crippen LogP contribution in [0.15, 0.2) is 23.1 Å². The first-order valence-corrected chi connectivity index (χ1v) is 8.52. The standard InChI is InChI=1S/C15H20N4O4S/c1-9-4-10(6-16)7-18(9)14(20)8-24-13-3-2-11(15(17)21)5-12(13)19(22)23/h2-3,5,9-10H,4,6-8,16H2,1H3,(H2,17,21). The summed E-state index contributed by atoms with van der Waals surface area (Å²) in [5.74, 6) is -0.405. The zero-order chi connectivity index (χ0) is 17.9. The van der Waals surface area contributed by atoms with E-state index < -0.39 is 10.8 Å². The molecule has 2 atom stereocenters. The molecule has 0 saturated carbocycles. The first kappa shape index (κ1) is 18.2. The van der Waals surface area contributed by atoms with Crippen LogP contribution in [0.1, 0.15) is 23.7 Å². The zero-order valence-electron chi connectivity index (χ0n) is 13.3. The fourth-order valence-electron chi connectivity index (χ4n) is 2.82. The molecular weight excluding hydrogens is 332 g/mol. The van der Waals surface area contributed by atoms with Gasteiger partial charge in [-0.1, -0.05) is 0 Å². The van der Waals surface area contributed by atoms with Crippen LogP contribution in [0.25, 0.3) is 0 Å². The summed E-state index contributed by atoms with van der Waals surface area (Å²) >= 11 is 1.09. The number of primary amides is 1. The summed E-state index contributed by atoms with van der Waals surface area (Å²) in [5.41, 5.74) is 10.6. The van der Waals surface area contributed by atoms with Crippen molar-refractivity contribution in [1.82, 2.24) is 4.90 Å². The van der Waals surface area contributed by atoms with Crippen molar-refractivity contribution in [3.8, 4) is 0 Å². The molecule has 0 radical (unpaired) electrons. The number of nitrogens with zero attached hydrogens (tertiary/aromatic N) is 2. The van der Waals surface area contributed by atoms with Gasteiger partial charge < -0.3 is 16.4 Å². The van der Waals surface area contributed by atoms with E-state index in [1.807, 2.05) is 6.92 Å². The third-order valence-corrected chi connectivity index (χ3v) is 5.15. The Balaban J connectivity index is 2.07. The summed E-state index contributed by atoms with van der Waals surface area (Å²) in [7, 11) is 0. The highest BCUT2D eigenvalue weighted by Crippen LogP contribution is 2.31. The molecule has 0 spiro atoms. The molecule has 130 valence electrons. The molecule has 1 aromatic rings. The third kappa shape index (κ3) is 4.04. The van der Waals surface area contributed by atoms with Gasteiger partial charge >= 0.3 is 0 Å². The lowest BCUT2D eigenvalue weighted by molar-refractivity contribution is -0.387. The maximum Gasteiger partial charge on any atom is 0.283 e. The lowest BCUT2D eigenvalue weighted by Crippen LogP contribution is -2.35. The molecule has 8 nitrogen and oxygen atoms in total. The summed E-state index contributed by atoms with van der Waals surface area (Å²) in [6.07, 6.45) is 0.875. The Morgan fingerprint density at radius 1 is 1.46 bits per heavy atom. The molecule has 0 aliphatic carbocycles. The van der Waals surface area contributed by atoms with E-state index in [9.17, 15) is 19.7 Å². The van der Waals surface area contributed by atoms with E-state index in [1.165, 1.54) is 12.1 Å². The molecule has 1 aliphatic rings. The summed E-state index contributed by atoms with van der Waals surface area (Å²) in [4.78, 5) is 36.2. The minimum Gasteiger partial charge on any atom is -0.366 e. The number of thioether (sulfide) groups is 1. The highest BCUT2D eigenvalue weighted by Gasteiger charge is 2.31. The van der Waals surface area contributed by atoms with E-state index in [1.54, 1.807) is 4.90 Å². The summed E-state index contributed by atoms with van der Waals surface area (Å²) < 4.78 is 0. The first-order valence-electron chi connectivity index (χ1n) is 7.54. The number of rotatable bonds is 6. The smallest absolute Gasteiger partial charge is 0.283 e. The van der Waals surface area contributed by atoms with E-state index >= 15 is 0 Å². The van der Waals surface area contributed by atoms with Crippen molar-refractivity contribution >= 4 is 29.3 Å². The average molecular weight is 352 g/mol. The number of hydrogen-bond donors (Lipinski definition) is 2. The van der Waals surface area contributed by atoms with Crippen LogP contribution >= 0.6 is 11.8 Å². The quantitative estimate of drug-likeness (QED) is 0.445. The van der Waals surface area contributed by atoms with Crippen LogP contribution in [0, 0.1) is 16.0 Å². The molecule has 2 amide bonds. The molecule has 4 N–H and O–H groups in total. The number of nitrogens with two attached hydrogens (primary N) is 2. The van der Waals surface area contributed by atoms with E-state index in [4.69, 9.17) is 11.5 Å². The van der Waals surface area contributed by atoms with Crippen LogP contribution in [0.4, 0.5) is 5.69 Å². The molecule has 0 bridgehead atoms. The van der Waals surface area contributed by atoms with E-state index in [0.717, 1.165) is 24.2 Å². The van der Waals surface area contributed by atoms with Crippen LogP contribution in [0.3, 0.4) is 0 Å². The van der Waals surface area contributed by atoms with E-state index in [-0.39, 0.29) is 29.0 Å². The van der Waals surface area contributed by atoms with Crippen molar-refractivity contribution < 1.29 is 14.5 Å². The Morgan fingerprint density at radius 3 is 2.71 bits per heavy atom. The molecule has 2 unspecified atom stereocenters. The predicted octanol–water partition coefficient (Wildman–Crippen LogP) is 0.982. The second-order valence-corrected chi connectivity index (χ2v) is 6.84. The SMILES string of the molecule is CC1CC(CN)CN1C(=O)CSc1ccc(C(N)=O)cc1[N+](=O)[O-]. The van der Waals surface area contributed by atoms with Crippen molar-refractivity contribution in [3.05, 3.63) is 33.9 Å². The monoisotopic (exact) mass is 352 g/mol. The Hall–Kier alpha value is -2.13. The Labute approximate surface area is 143 Å². The van der Waals surface area contributed by atoms with Crippen LogP contribution < -0.4 is 11.5 Å². The molecule has 0 aromatic heterocycles. The molecule has 24 heavy (non-hydrogen) atoms. The van der Waals surface area contributed by atoms with Gasteiger partial charge in [0.25, 0.3) is 5.69 Å². The van der Waals surface area contributed by atoms with Gasteiger partial charge in [-0.15, -0.1) is 11.8 Å². The van der Waals surface area contributed by atoms with Gasteiger partial charge in [-0.2, -0.15) is 0 Å². The second kappa shape index (κ2) is 7.63. The Bertz CT molecular complexity index is 667. The largest absolute Gasteiger partial charge is 0.366 e. The summed E-state index contributed by atoms with van der Waals surface area (Å²) in [6.45, 7) is 3.14. The highest BCUT2D eigenvalue weighted by atomic mass is 32.2. The zero-order valence-corrected chi connectivity index (χ0v) is 14.1. The number of nitro benzene ring substituents is 1. The maximum absolute atomic E-state index is 12.4. The van der Waals surface area contributed by atoms with E-state index in [0.29, 0.717) is 23.9 Å². The minimum absolute atomic E-state index is 0.0660. The maximum atomic E-state index is 12.4. The molecule has 9 heteroatoms. The number of amides is 2. The molecule has 1 heterocycles. The molecule has 1 aliphatic heterocycles. The number of nitro groups is 1. The molecule has 1 aromatic carbocycles. The van der Waals surface area contributed by atoms with Gasteiger partial charge in [0.05, 0.1) is 15.6 Å². The van der Waals surface area contributed by atoms with Crippen LogP contribution in [0.5, 0.6) is 0 Å². The Morgan fingerprint density at radius 2 is 2.17 bits per heavy atom. The van der Waals surface area contributed by atoms with Gasteiger partial charge in [0.15, 0.2) is 0 Å². The third-order valence-electron chi connectivity index (χ3n) is 4.11. The number of hydrogen-bond acceptors (Lipinski definition) is 6. The van der Waals surface area contributed by atoms with Crippen molar-refractivity contribution in [3.63, 3.8) is 0 Å². The van der Waals surface area contributed by atoms with Gasteiger partial charge in [0.2, 0.25) is 11.8 Å². The van der Waals surface area contributed by atoms with Gasteiger partial charge in [0.1, 0.15) is 0 Å². The molecule has 1 saturated heterocycles. The van der Waals surface area contributed by atoms with Crippen LogP contribution in [-0.2, 0) is 4.79 Å². The number of likely N-dealkylation sites (tertiary alicyclic amines) is 1. The van der Waals surface area contributed by atoms with E-state index in [2.05, 4.69) is 0 Å². The molecular formula is C15H20N4O4S. The fourth-order valence-corrected chi connectivity index (χ4v) is 3.71. The first-order chi connectivity index (χ1) is 11.3. The number of benzene rings is 1. The topological polar surface area (TPSA) is 133 Å². The number of carbonyl (C=O) groups excluding carboxylic acids is 2. The predicted molar refractivity (Wildman–Crippen MR) is 90.7 cm³/mol. The lowest BCUT2D eigenvalue weighted by atomic mass is 10.1. The van der Waals surface area contributed by atoms with Gasteiger partial charge in [-0.3, -0.25) is 19.7 Å². The highest BCUT2D eigenvalue weighted by molar-refractivity contribution is 8.00. The number of carbonyl (C=O) groups is 2. The lowest BCUT2D eigenvalue weighted by Gasteiger charge is -2.21. The van der Waals surface area contributed by atoms with Crippen molar-refractivity contribution in [2.45, 2.75) is 24.3 Å². The van der Waals surface area contributed by atoms with Gasteiger partial charge in [0, 0.05) is 24.2 Å². The van der Waals surface area contributed by atoms with Crippen molar-refractivity contribution in [1.29, 1.82) is 0 Å². The summed E-state index contributed by atoms with van der Waals surface area (Å²) in [6, 6.07) is 4.13. The van der Waals surface area contributed by atoms with Crippen molar-refractivity contribution in [2.24, 2.45) is 17.4 Å². The second-order valence-electron chi connectivity index (χ2n) is 5.83. The van der Waals surface area contributed by atoms with Crippen molar-refractivity contribution in [2.75, 3.05) is 18.8 Å². The Kier molecular flexibility index (Phi) is 5.79. The normalized spacial score (nSPS) is 20.2. The fraction of sp³-hybridized carbons (Fsp3) is 0.467. The molecule has 1 fully saturated rings.